The van der Waals surface area contributed by atoms with Crippen LogP contribution in [-0.2, 0) is 6.42 Å². The van der Waals surface area contributed by atoms with Gasteiger partial charge in [0.25, 0.3) is 0 Å². The fourth-order valence-electron chi connectivity index (χ4n) is 2.62. The van der Waals surface area contributed by atoms with E-state index in [9.17, 15) is 0 Å². The Balaban J connectivity index is 1.64. The number of rotatable bonds is 3. The molecule has 0 amide bonds. The topological polar surface area (TPSA) is 31.4 Å². The van der Waals surface area contributed by atoms with Crippen molar-refractivity contribution < 1.29 is 9.47 Å². The van der Waals surface area contributed by atoms with Gasteiger partial charge in [-0.25, -0.2) is 4.98 Å². The first-order chi connectivity index (χ1) is 10.9. The molecule has 0 N–H and O–H groups in total. The highest BCUT2D eigenvalue weighted by Crippen LogP contribution is 2.31. The molecule has 3 heteroatoms. The van der Waals surface area contributed by atoms with Gasteiger partial charge in [0, 0.05) is 18.7 Å². The number of benzene rings is 2. The summed E-state index contributed by atoms with van der Waals surface area (Å²) < 4.78 is 11.4. The first kappa shape index (κ1) is 12.9. The van der Waals surface area contributed by atoms with Crippen LogP contribution in [0.4, 0.5) is 0 Å². The van der Waals surface area contributed by atoms with Crippen LogP contribution in [0.5, 0.6) is 17.4 Å². The van der Waals surface area contributed by atoms with Gasteiger partial charge in [-0.15, -0.1) is 0 Å². The van der Waals surface area contributed by atoms with E-state index in [-0.39, 0.29) is 0 Å². The third kappa shape index (κ3) is 2.53. The van der Waals surface area contributed by atoms with E-state index in [4.69, 9.17) is 9.47 Å². The van der Waals surface area contributed by atoms with Crippen LogP contribution >= 0.6 is 0 Å². The lowest BCUT2D eigenvalue weighted by atomic mass is 10.0. The van der Waals surface area contributed by atoms with Gasteiger partial charge >= 0.3 is 0 Å². The number of aromatic nitrogens is 1. The number of nitrogens with zero attached hydrogens (tertiary/aromatic N) is 1. The van der Waals surface area contributed by atoms with Crippen LogP contribution in [-0.4, -0.2) is 11.6 Å². The number of fused-ring (bicyclic) bond motifs is 1. The minimum atomic E-state index is 0.598. The molecule has 2 aromatic carbocycles. The Hall–Kier alpha value is -2.81. The van der Waals surface area contributed by atoms with Gasteiger partial charge in [0.05, 0.1) is 6.61 Å². The van der Waals surface area contributed by atoms with Crippen molar-refractivity contribution in [3.63, 3.8) is 0 Å². The van der Waals surface area contributed by atoms with Crippen molar-refractivity contribution >= 4 is 0 Å². The molecule has 2 heterocycles. The van der Waals surface area contributed by atoms with Gasteiger partial charge in [0.15, 0.2) is 0 Å². The fourth-order valence-corrected chi connectivity index (χ4v) is 2.62. The lowest BCUT2D eigenvalue weighted by molar-refractivity contribution is 0.357. The summed E-state index contributed by atoms with van der Waals surface area (Å²) in [5.41, 5.74) is 3.51. The molecular formula is C19H15NO2. The maximum atomic E-state index is 5.80. The van der Waals surface area contributed by atoms with E-state index in [2.05, 4.69) is 17.1 Å². The van der Waals surface area contributed by atoms with Crippen molar-refractivity contribution in [2.45, 2.75) is 6.42 Å². The Labute approximate surface area is 129 Å². The zero-order chi connectivity index (χ0) is 14.8. The quantitative estimate of drug-likeness (QED) is 0.712. The standard InChI is InChI=1S/C19H15NO2/c1-2-4-17(5-3-1)22-19-13-15(8-10-20-19)14-6-7-18-16(12-14)9-11-21-18/h1-8,10,12-13H,9,11H2. The summed E-state index contributed by atoms with van der Waals surface area (Å²) in [6, 6.07) is 19.9. The highest BCUT2D eigenvalue weighted by atomic mass is 16.5. The molecule has 1 aliphatic heterocycles. The highest BCUT2D eigenvalue weighted by molar-refractivity contribution is 5.66. The third-order valence-corrected chi connectivity index (χ3v) is 3.72. The summed E-state index contributed by atoms with van der Waals surface area (Å²) in [5, 5.41) is 0. The molecule has 0 spiro atoms. The number of pyridine rings is 1. The van der Waals surface area contributed by atoms with E-state index >= 15 is 0 Å². The Morgan fingerprint density at radius 2 is 1.77 bits per heavy atom. The predicted molar refractivity (Wildman–Crippen MR) is 85.4 cm³/mol. The fraction of sp³-hybridized carbons (Fsp3) is 0.105. The summed E-state index contributed by atoms with van der Waals surface area (Å²) >= 11 is 0. The van der Waals surface area contributed by atoms with E-state index in [1.165, 1.54) is 5.56 Å². The molecule has 3 aromatic rings. The molecule has 0 fully saturated rings. The molecule has 1 aliphatic rings. The zero-order valence-corrected chi connectivity index (χ0v) is 12.0. The average Bonchev–Trinajstić information content (AvgIpc) is 3.04. The van der Waals surface area contributed by atoms with Crippen molar-refractivity contribution in [1.29, 1.82) is 0 Å². The zero-order valence-electron chi connectivity index (χ0n) is 12.0. The molecule has 0 saturated heterocycles. The first-order valence-corrected chi connectivity index (χ1v) is 7.33. The summed E-state index contributed by atoms with van der Waals surface area (Å²) in [6.45, 7) is 0.775. The maximum Gasteiger partial charge on any atom is 0.219 e. The number of hydrogen-bond acceptors (Lipinski definition) is 3. The van der Waals surface area contributed by atoms with Crippen LogP contribution in [0.1, 0.15) is 5.56 Å². The van der Waals surface area contributed by atoms with Crippen molar-refractivity contribution in [2.24, 2.45) is 0 Å². The predicted octanol–water partition coefficient (Wildman–Crippen LogP) is 4.48. The second kappa shape index (κ2) is 5.53. The van der Waals surface area contributed by atoms with E-state index in [0.29, 0.717) is 5.88 Å². The van der Waals surface area contributed by atoms with Crippen molar-refractivity contribution in [3.8, 4) is 28.5 Å². The highest BCUT2D eigenvalue weighted by Gasteiger charge is 2.13. The Bertz CT molecular complexity index is 800. The van der Waals surface area contributed by atoms with Crippen molar-refractivity contribution in [2.75, 3.05) is 6.61 Å². The van der Waals surface area contributed by atoms with Crippen LogP contribution in [0.3, 0.4) is 0 Å². The van der Waals surface area contributed by atoms with E-state index < -0.39 is 0 Å². The van der Waals surface area contributed by atoms with Gasteiger partial charge in [-0.1, -0.05) is 24.3 Å². The summed E-state index contributed by atoms with van der Waals surface area (Å²) in [7, 11) is 0. The third-order valence-electron chi connectivity index (χ3n) is 3.72. The van der Waals surface area contributed by atoms with Crippen LogP contribution < -0.4 is 9.47 Å². The molecular weight excluding hydrogens is 274 g/mol. The molecule has 22 heavy (non-hydrogen) atoms. The number of ether oxygens (including phenoxy) is 2. The first-order valence-electron chi connectivity index (χ1n) is 7.33. The molecule has 0 unspecified atom stereocenters. The molecule has 1 aromatic heterocycles. The lowest BCUT2D eigenvalue weighted by Gasteiger charge is -2.08. The van der Waals surface area contributed by atoms with Gasteiger partial charge < -0.3 is 9.47 Å². The van der Waals surface area contributed by atoms with Gasteiger partial charge in [-0.05, 0) is 47.0 Å². The van der Waals surface area contributed by atoms with Crippen LogP contribution in [0.25, 0.3) is 11.1 Å². The van der Waals surface area contributed by atoms with Gasteiger partial charge in [-0.2, -0.15) is 0 Å². The normalized spacial score (nSPS) is 12.5. The SMILES string of the molecule is c1ccc(Oc2cc(-c3ccc4c(c3)CCO4)ccn2)cc1. The van der Waals surface area contributed by atoms with Crippen molar-refractivity contribution in [1.82, 2.24) is 4.98 Å². The van der Waals surface area contributed by atoms with E-state index in [1.807, 2.05) is 48.5 Å². The number of hydrogen-bond donors (Lipinski definition) is 0. The minimum absolute atomic E-state index is 0.598. The molecule has 3 nitrogen and oxygen atoms in total. The maximum absolute atomic E-state index is 5.80. The Morgan fingerprint density at radius 3 is 2.68 bits per heavy atom. The minimum Gasteiger partial charge on any atom is -0.493 e. The molecule has 0 bridgehead atoms. The van der Waals surface area contributed by atoms with Crippen LogP contribution in [0, 0.1) is 0 Å². The summed E-state index contributed by atoms with van der Waals surface area (Å²) in [6.07, 6.45) is 2.75. The van der Waals surface area contributed by atoms with E-state index in [0.717, 1.165) is 35.7 Å². The van der Waals surface area contributed by atoms with Crippen LogP contribution in [0.2, 0.25) is 0 Å². The summed E-state index contributed by atoms with van der Waals surface area (Å²) in [5.74, 6) is 2.38. The number of para-hydroxylation sites is 1. The molecule has 0 saturated carbocycles. The Kier molecular flexibility index (Phi) is 3.24. The van der Waals surface area contributed by atoms with Crippen LogP contribution in [0.15, 0.2) is 66.9 Å². The largest absolute Gasteiger partial charge is 0.493 e. The summed E-state index contributed by atoms with van der Waals surface area (Å²) in [4.78, 5) is 4.29. The molecule has 4 rings (SSSR count). The van der Waals surface area contributed by atoms with Crippen molar-refractivity contribution in [3.05, 3.63) is 72.4 Å². The molecule has 0 aliphatic carbocycles. The molecule has 108 valence electrons. The van der Waals surface area contributed by atoms with Gasteiger partial charge in [-0.3, -0.25) is 0 Å². The van der Waals surface area contributed by atoms with E-state index in [1.54, 1.807) is 6.20 Å². The molecule has 0 radical (unpaired) electrons. The Morgan fingerprint density at radius 1 is 0.909 bits per heavy atom. The smallest absolute Gasteiger partial charge is 0.219 e. The average molecular weight is 289 g/mol. The second-order valence-corrected chi connectivity index (χ2v) is 5.22. The van der Waals surface area contributed by atoms with Gasteiger partial charge in [0.1, 0.15) is 11.5 Å². The molecule has 0 atom stereocenters. The van der Waals surface area contributed by atoms with Gasteiger partial charge in [0.2, 0.25) is 5.88 Å². The second-order valence-electron chi connectivity index (χ2n) is 5.22. The monoisotopic (exact) mass is 289 g/mol. The lowest BCUT2D eigenvalue weighted by Crippen LogP contribution is -1.88.